The molecule has 0 aliphatic rings. The number of anilines is 1. The van der Waals surface area contributed by atoms with Crippen molar-refractivity contribution < 1.29 is 0 Å². The molecule has 0 saturated heterocycles. The Morgan fingerprint density at radius 3 is 1.92 bits per heavy atom. The molecule has 0 aromatic heterocycles. The molecule has 0 atom stereocenters. The van der Waals surface area contributed by atoms with E-state index in [9.17, 15) is 0 Å². The Morgan fingerprint density at radius 1 is 1.15 bits per heavy atom. The lowest BCUT2D eigenvalue weighted by atomic mass is 9.98. The average Bonchev–Trinajstić information content (AvgIpc) is 2.18. The highest BCUT2D eigenvalue weighted by Gasteiger charge is 2.03. The number of benzene rings is 1. The quantitative estimate of drug-likeness (QED) is 0.551. The van der Waals surface area contributed by atoms with Crippen molar-refractivity contribution in [3.8, 4) is 0 Å². The molecule has 0 fully saturated rings. The van der Waals surface area contributed by atoms with Crippen LogP contribution < -0.4 is 11.3 Å². The van der Waals surface area contributed by atoms with E-state index in [-0.39, 0.29) is 0 Å². The van der Waals surface area contributed by atoms with Crippen molar-refractivity contribution >= 4 is 5.69 Å². The van der Waals surface area contributed by atoms with E-state index in [0.717, 1.165) is 18.5 Å². The van der Waals surface area contributed by atoms with Crippen LogP contribution in [0, 0.1) is 6.92 Å². The van der Waals surface area contributed by atoms with Crippen LogP contribution in [0.25, 0.3) is 0 Å². The summed E-state index contributed by atoms with van der Waals surface area (Å²) < 4.78 is 0. The molecular formula is C11H18N2. The number of nitrogens with two attached hydrogens (primary N) is 1. The molecule has 1 aromatic rings. The molecule has 0 aliphatic carbocycles. The largest absolute Gasteiger partial charge is 0.324 e. The molecule has 3 N–H and O–H groups in total. The maximum atomic E-state index is 5.40. The molecule has 0 spiro atoms. The van der Waals surface area contributed by atoms with E-state index in [0.29, 0.717) is 0 Å². The normalized spacial score (nSPS) is 10.2. The summed E-state index contributed by atoms with van der Waals surface area (Å²) in [5.41, 5.74) is 7.89. The first-order chi connectivity index (χ1) is 6.22. The monoisotopic (exact) mass is 178 g/mol. The minimum atomic E-state index is 1.01. The van der Waals surface area contributed by atoms with Crippen molar-refractivity contribution in [2.45, 2.75) is 33.6 Å². The van der Waals surface area contributed by atoms with E-state index in [2.05, 4.69) is 38.3 Å². The van der Waals surface area contributed by atoms with Gasteiger partial charge in [-0.2, -0.15) is 0 Å². The van der Waals surface area contributed by atoms with Gasteiger partial charge in [0, 0.05) is 5.69 Å². The Balaban J connectivity index is 3.20. The topological polar surface area (TPSA) is 38.0 Å². The van der Waals surface area contributed by atoms with Crippen molar-refractivity contribution in [3.63, 3.8) is 0 Å². The minimum Gasteiger partial charge on any atom is -0.324 e. The van der Waals surface area contributed by atoms with E-state index in [1.54, 1.807) is 0 Å². The Morgan fingerprint density at radius 2 is 1.62 bits per heavy atom. The fourth-order valence-electron chi connectivity index (χ4n) is 1.66. The number of hydrogen-bond donors (Lipinski definition) is 2. The summed E-state index contributed by atoms with van der Waals surface area (Å²) in [6.07, 6.45) is 2.13. The van der Waals surface area contributed by atoms with Gasteiger partial charge in [-0.05, 0) is 48.6 Å². The summed E-state index contributed by atoms with van der Waals surface area (Å²) in [7, 11) is 0. The van der Waals surface area contributed by atoms with Crippen LogP contribution in [0.15, 0.2) is 12.1 Å². The van der Waals surface area contributed by atoms with Crippen molar-refractivity contribution in [3.05, 3.63) is 28.8 Å². The van der Waals surface area contributed by atoms with Gasteiger partial charge in [0.2, 0.25) is 0 Å². The lowest BCUT2D eigenvalue weighted by Gasteiger charge is -2.11. The van der Waals surface area contributed by atoms with Crippen LogP contribution in [0.2, 0.25) is 0 Å². The third-order valence-electron chi connectivity index (χ3n) is 2.55. The molecule has 0 unspecified atom stereocenters. The summed E-state index contributed by atoms with van der Waals surface area (Å²) in [5, 5.41) is 0. The first-order valence-electron chi connectivity index (χ1n) is 4.81. The van der Waals surface area contributed by atoms with Crippen LogP contribution in [-0.4, -0.2) is 0 Å². The first-order valence-corrected chi connectivity index (χ1v) is 4.81. The Hall–Kier alpha value is -1.02. The van der Waals surface area contributed by atoms with Gasteiger partial charge >= 0.3 is 0 Å². The standard InChI is InChI=1S/C11H18N2/c1-4-9-6-11(13-12)7-10(5-2)8(9)3/h6-7,13H,4-5,12H2,1-3H3. The van der Waals surface area contributed by atoms with Gasteiger partial charge < -0.3 is 5.43 Å². The van der Waals surface area contributed by atoms with Crippen LogP contribution in [0.5, 0.6) is 0 Å². The molecule has 1 rings (SSSR count). The smallest absolute Gasteiger partial charge is 0.0490 e. The molecule has 2 nitrogen and oxygen atoms in total. The lowest BCUT2D eigenvalue weighted by molar-refractivity contribution is 1.04. The van der Waals surface area contributed by atoms with Gasteiger partial charge in [0.25, 0.3) is 0 Å². The molecule has 2 heteroatoms. The fourth-order valence-corrected chi connectivity index (χ4v) is 1.66. The van der Waals surface area contributed by atoms with Crippen LogP contribution >= 0.6 is 0 Å². The zero-order valence-electron chi connectivity index (χ0n) is 8.65. The van der Waals surface area contributed by atoms with Gasteiger partial charge in [-0.25, -0.2) is 0 Å². The van der Waals surface area contributed by atoms with Gasteiger partial charge in [0.15, 0.2) is 0 Å². The molecule has 72 valence electrons. The molecule has 0 bridgehead atoms. The van der Waals surface area contributed by atoms with Gasteiger partial charge in [-0.15, -0.1) is 0 Å². The van der Waals surface area contributed by atoms with Gasteiger partial charge in [-0.3, -0.25) is 5.84 Å². The minimum absolute atomic E-state index is 1.01. The lowest BCUT2D eigenvalue weighted by Crippen LogP contribution is -2.08. The molecule has 0 amide bonds. The molecule has 0 saturated carbocycles. The SMILES string of the molecule is CCc1cc(NN)cc(CC)c1C. The predicted octanol–water partition coefficient (Wildman–Crippen LogP) is 2.41. The number of nitrogen functional groups attached to an aromatic ring is 1. The third kappa shape index (κ3) is 2.01. The van der Waals surface area contributed by atoms with Crippen LogP contribution in [0.1, 0.15) is 30.5 Å². The van der Waals surface area contributed by atoms with Crippen LogP contribution in [-0.2, 0) is 12.8 Å². The van der Waals surface area contributed by atoms with Crippen molar-refractivity contribution in [2.24, 2.45) is 5.84 Å². The maximum Gasteiger partial charge on any atom is 0.0490 e. The summed E-state index contributed by atoms with van der Waals surface area (Å²) in [6.45, 7) is 6.52. The molecular weight excluding hydrogens is 160 g/mol. The van der Waals surface area contributed by atoms with Crippen molar-refractivity contribution in [2.75, 3.05) is 5.43 Å². The second-order valence-electron chi connectivity index (χ2n) is 3.27. The van der Waals surface area contributed by atoms with Gasteiger partial charge in [0.05, 0.1) is 0 Å². The summed E-state index contributed by atoms with van der Waals surface area (Å²) in [4.78, 5) is 0. The van der Waals surface area contributed by atoms with Crippen molar-refractivity contribution in [1.29, 1.82) is 0 Å². The first kappa shape index (κ1) is 10.1. The second kappa shape index (κ2) is 4.28. The van der Waals surface area contributed by atoms with E-state index >= 15 is 0 Å². The third-order valence-corrected chi connectivity index (χ3v) is 2.55. The highest BCUT2D eigenvalue weighted by Crippen LogP contribution is 2.20. The second-order valence-corrected chi connectivity index (χ2v) is 3.27. The molecule has 0 aliphatic heterocycles. The van der Waals surface area contributed by atoms with Crippen molar-refractivity contribution in [1.82, 2.24) is 0 Å². The van der Waals surface area contributed by atoms with Gasteiger partial charge in [0.1, 0.15) is 0 Å². The molecule has 1 aromatic carbocycles. The number of hydrogen-bond acceptors (Lipinski definition) is 2. The predicted molar refractivity (Wildman–Crippen MR) is 57.7 cm³/mol. The van der Waals surface area contributed by atoms with E-state index in [4.69, 9.17) is 5.84 Å². The molecule has 0 radical (unpaired) electrons. The summed E-state index contributed by atoms with van der Waals surface area (Å²) in [6, 6.07) is 4.24. The Kier molecular flexibility index (Phi) is 3.32. The number of hydrazine groups is 1. The highest BCUT2D eigenvalue weighted by atomic mass is 15.2. The highest BCUT2D eigenvalue weighted by molar-refractivity contribution is 5.51. The summed E-state index contributed by atoms with van der Waals surface area (Å²) >= 11 is 0. The van der Waals surface area contributed by atoms with Crippen LogP contribution in [0.3, 0.4) is 0 Å². The average molecular weight is 178 g/mol. The van der Waals surface area contributed by atoms with Gasteiger partial charge in [-0.1, -0.05) is 13.8 Å². The fraction of sp³-hybridized carbons (Fsp3) is 0.455. The molecule has 0 heterocycles. The van der Waals surface area contributed by atoms with E-state index in [1.807, 2.05) is 0 Å². The number of rotatable bonds is 3. The van der Waals surface area contributed by atoms with Crippen LogP contribution in [0.4, 0.5) is 5.69 Å². The summed E-state index contributed by atoms with van der Waals surface area (Å²) in [5.74, 6) is 5.40. The Labute approximate surface area is 80.1 Å². The zero-order chi connectivity index (χ0) is 9.84. The number of nitrogens with one attached hydrogen (secondary N) is 1. The Bertz CT molecular complexity index is 267. The number of aryl methyl sites for hydroxylation is 2. The van der Waals surface area contributed by atoms with E-state index in [1.165, 1.54) is 16.7 Å². The maximum absolute atomic E-state index is 5.40. The van der Waals surface area contributed by atoms with E-state index < -0.39 is 0 Å². The zero-order valence-corrected chi connectivity index (χ0v) is 8.65. The molecule has 13 heavy (non-hydrogen) atoms.